The number of nitrogens with one attached hydrogen (secondary N) is 1. The van der Waals surface area contributed by atoms with Crippen molar-refractivity contribution in [2.24, 2.45) is 0 Å². The molecule has 2 aromatic rings. The minimum absolute atomic E-state index is 0.127. The van der Waals surface area contributed by atoms with Gasteiger partial charge in [0.15, 0.2) is 0 Å². The number of halogens is 2. The number of thioether (sulfide) groups is 1. The normalized spacial score (nSPS) is 18.9. The zero-order valence-corrected chi connectivity index (χ0v) is 17.9. The van der Waals surface area contributed by atoms with Gasteiger partial charge in [-0.2, -0.15) is 0 Å². The molecule has 0 aliphatic carbocycles. The van der Waals surface area contributed by atoms with Crippen LogP contribution in [0.1, 0.15) is 41.1 Å². The van der Waals surface area contributed by atoms with Crippen LogP contribution < -0.4 is 5.32 Å². The lowest BCUT2D eigenvalue weighted by Gasteiger charge is -2.29. The van der Waals surface area contributed by atoms with Crippen molar-refractivity contribution in [1.29, 1.82) is 0 Å². The van der Waals surface area contributed by atoms with E-state index in [9.17, 15) is 9.59 Å². The van der Waals surface area contributed by atoms with Gasteiger partial charge in [0.05, 0.1) is 10.6 Å². The standard InChI is InChI=1S/C21H22Cl2N2O2S/c1-2-3-11-24-19(26)18-13-28-21(14-7-5-4-6-8-14)25(18)20(27)16-10-9-15(22)12-17(16)23/h4-10,12,18,21H,2-3,11,13H2,1H3,(H,24,26). The van der Waals surface area contributed by atoms with Gasteiger partial charge in [0.25, 0.3) is 5.91 Å². The first-order valence-electron chi connectivity index (χ1n) is 9.25. The molecule has 1 saturated heterocycles. The molecule has 2 unspecified atom stereocenters. The highest BCUT2D eigenvalue weighted by molar-refractivity contribution is 7.99. The topological polar surface area (TPSA) is 49.4 Å². The van der Waals surface area contributed by atoms with Crippen molar-refractivity contribution in [3.05, 3.63) is 69.7 Å². The van der Waals surface area contributed by atoms with Gasteiger partial charge in [0.1, 0.15) is 11.4 Å². The predicted octanol–water partition coefficient (Wildman–Crippen LogP) is 5.17. The number of carbonyl (C=O) groups excluding carboxylic acids is 2. The quantitative estimate of drug-likeness (QED) is 0.635. The molecule has 3 rings (SSSR count). The highest BCUT2D eigenvalue weighted by Crippen LogP contribution is 2.42. The fourth-order valence-corrected chi connectivity index (χ4v) is 5.06. The largest absolute Gasteiger partial charge is 0.354 e. The van der Waals surface area contributed by atoms with Crippen LogP contribution in [0.5, 0.6) is 0 Å². The van der Waals surface area contributed by atoms with Crippen LogP contribution in [0.4, 0.5) is 0 Å². The maximum absolute atomic E-state index is 13.4. The van der Waals surface area contributed by atoms with Crippen molar-refractivity contribution in [2.75, 3.05) is 12.3 Å². The summed E-state index contributed by atoms with van der Waals surface area (Å²) in [7, 11) is 0. The van der Waals surface area contributed by atoms with Gasteiger partial charge in [-0.25, -0.2) is 0 Å². The molecule has 0 aromatic heterocycles. The maximum atomic E-state index is 13.4. The Morgan fingerprint density at radius 1 is 1.18 bits per heavy atom. The lowest BCUT2D eigenvalue weighted by molar-refractivity contribution is -0.124. The maximum Gasteiger partial charge on any atom is 0.257 e. The molecule has 0 radical (unpaired) electrons. The first kappa shape index (κ1) is 21.0. The van der Waals surface area contributed by atoms with E-state index in [2.05, 4.69) is 12.2 Å². The second kappa shape index (κ2) is 9.68. The van der Waals surface area contributed by atoms with Crippen molar-refractivity contribution in [1.82, 2.24) is 10.2 Å². The zero-order valence-electron chi connectivity index (χ0n) is 15.5. The monoisotopic (exact) mass is 436 g/mol. The van der Waals surface area contributed by atoms with E-state index in [1.54, 1.807) is 34.9 Å². The minimum atomic E-state index is -0.550. The summed E-state index contributed by atoms with van der Waals surface area (Å²) >= 11 is 13.9. The van der Waals surface area contributed by atoms with Gasteiger partial charge in [0.2, 0.25) is 5.91 Å². The molecule has 1 heterocycles. The lowest BCUT2D eigenvalue weighted by atomic mass is 10.1. The second-order valence-electron chi connectivity index (χ2n) is 6.59. The molecule has 2 aromatic carbocycles. The molecule has 148 valence electrons. The number of benzene rings is 2. The molecule has 4 nitrogen and oxygen atoms in total. The van der Waals surface area contributed by atoms with Crippen LogP contribution in [0.25, 0.3) is 0 Å². The van der Waals surface area contributed by atoms with Gasteiger partial charge in [-0.15, -0.1) is 11.8 Å². The van der Waals surface area contributed by atoms with Gasteiger partial charge < -0.3 is 10.2 Å². The van der Waals surface area contributed by atoms with E-state index in [0.29, 0.717) is 22.9 Å². The number of nitrogens with zero attached hydrogens (tertiary/aromatic N) is 1. The van der Waals surface area contributed by atoms with Crippen molar-refractivity contribution in [2.45, 2.75) is 31.2 Å². The zero-order chi connectivity index (χ0) is 20.1. The summed E-state index contributed by atoms with van der Waals surface area (Å²) in [6, 6.07) is 14.0. The molecule has 1 aliphatic heterocycles. The van der Waals surface area contributed by atoms with Crippen molar-refractivity contribution >= 4 is 46.8 Å². The third kappa shape index (κ3) is 4.65. The third-order valence-corrected chi connectivity index (χ3v) is 6.48. The number of hydrogen-bond donors (Lipinski definition) is 1. The van der Waals surface area contributed by atoms with Crippen LogP contribution >= 0.6 is 35.0 Å². The van der Waals surface area contributed by atoms with E-state index in [1.165, 1.54) is 0 Å². The number of hydrogen-bond acceptors (Lipinski definition) is 3. The summed E-state index contributed by atoms with van der Waals surface area (Å²) in [4.78, 5) is 27.9. The van der Waals surface area contributed by atoms with Crippen LogP contribution in [0, 0.1) is 0 Å². The number of rotatable bonds is 6. The number of amides is 2. The van der Waals surface area contributed by atoms with E-state index >= 15 is 0 Å². The van der Waals surface area contributed by atoms with Gasteiger partial charge in [0, 0.05) is 17.3 Å². The molecule has 0 saturated carbocycles. The first-order chi connectivity index (χ1) is 13.5. The first-order valence-corrected chi connectivity index (χ1v) is 11.1. The summed E-state index contributed by atoms with van der Waals surface area (Å²) in [6.07, 6.45) is 1.90. The van der Waals surface area contributed by atoms with Gasteiger partial charge in [-0.05, 0) is 30.2 Å². The summed E-state index contributed by atoms with van der Waals surface area (Å²) < 4.78 is 0. The Bertz CT molecular complexity index is 848. The summed E-state index contributed by atoms with van der Waals surface area (Å²) in [5.74, 6) is 0.142. The summed E-state index contributed by atoms with van der Waals surface area (Å²) in [5, 5.41) is 3.46. The average molecular weight is 437 g/mol. The molecular weight excluding hydrogens is 415 g/mol. The Kier molecular flexibility index (Phi) is 7.27. The Morgan fingerprint density at radius 3 is 2.61 bits per heavy atom. The Hall–Kier alpha value is -1.69. The van der Waals surface area contributed by atoms with Crippen LogP contribution in [0.3, 0.4) is 0 Å². The lowest BCUT2D eigenvalue weighted by Crippen LogP contribution is -2.48. The predicted molar refractivity (Wildman–Crippen MR) is 116 cm³/mol. The molecule has 2 amide bonds. The summed E-state index contributed by atoms with van der Waals surface area (Å²) in [6.45, 7) is 2.68. The van der Waals surface area contributed by atoms with E-state index in [0.717, 1.165) is 18.4 Å². The van der Waals surface area contributed by atoms with Crippen LogP contribution in [0.15, 0.2) is 48.5 Å². The molecule has 0 spiro atoms. The highest BCUT2D eigenvalue weighted by atomic mass is 35.5. The molecule has 7 heteroatoms. The highest BCUT2D eigenvalue weighted by Gasteiger charge is 2.42. The van der Waals surface area contributed by atoms with Gasteiger partial charge in [-0.1, -0.05) is 66.9 Å². The van der Waals surface area contributed by atoms with Crippen molar-refractivity contribution in [3.63, 3.8) is 0 Å². The van der Waals surface area contributed by atoms with E-state index in [-0.39, 0.29) is 22.2 Å². The molecule has 0 bridgehead atoms. The molecular formula is C21H22Cl2N2O2S. The minimum Gasteiger partial charge on any atom is -0.354 e. The Morgan fingerprint density at radius 2 is 1.93 bits per heavy atom. The molecule has 1 fully saturated rings. The average Bonchev–Trinajstić information content (AvgIpc) is 3.13. The Balaban J connectivity index is 1.92. The SMILES string of the molecule is CCCCNC(=O)C1CSC(c2ccccc2)N1C(=O)c1ccc(Cl)cc1Cl. The molecule has 1 aliphatic rings. The van der Waals surface area contributed by atoms with Crippen molar-refractivity contribution < 1.29 is 9.59 Å². The smallest absolute Gasteiger partial charge is 0.257 e. The molecule has 1 N–H and O–H groups in total. The van der Waals surface area contributed by atoms with Gasteiger partial charge >= 0.3 is 0 Å². The van der Waals surface area contributed by atoms with Crippen LogP contribution in [-0.2, 0) is 4.79 Å². The van der Waals surface area contributed by atoms with Crippen LogP contribution in [-0.4, -0.2) is 35.1 Å². The fraction of sp³-hybridized carbons (Fsp3) is 0.333. The molecule has 28 heavy (non-hydrogen) atoms. The third-order valence-electron chi connectivity index (χ3n) is 4.61. The Labute approximate surface area is 179 Å². The van der Waals surface area contributed by atoms with Crippen LogP contribution in [0.2, 0.25) is 10.0 Å². The van der Waals surface area contributed by atoms with E-state index in [1.807, 2.05) is 30.3 Å². The van der Waals surface area contributed by atoms with E-state index < -0.39 is 6.04 Å². The molecule has 2 atom stereocenters. The van der Waals surface area contributed by atoms with Gasteiger partial charge in [-0.3, -0.25) is 9.59 Å². The summed E-state index contributed by atoms with van der Waals surface area (Å²) in [5.41, 5.74) is 1.33. The second-order valence-corrected chi connectivity index (χ2v) is 8.55. The fourth-order valence-electron chi connectivity index (χ4n) is 3.14. The number of carbonyl (C=O) groups is 2. The number of unbranched alkanes of at least 4 members (excludes halogenated alkanes) is 1. The van der Waals surface area contributed by atoms with E-state index in [4.69, 9.17) is 23.2 Å². The van der Waals surface area contributed by atoms with Crippen molar-refractivity contribution in [3.8, 4) is 0 Å².